The number of hydrogen-bond acceptors (Lipinski definition) is 9. The van der Waals surface area contributed by atoms with Gasteiger partial charge in [0.1, 0.15) is 11.5 Å². The van der Waals surface area contributed by atoms with Crippen LogP contribution in [0.25, 0.3) is 11.1 Å². The maximum absolute atomic E-state index is 14.7. The largest absolute Gasteiger partial charge is 0.493 e. The fourth-order valence-corrected chi connectivity index (χ4v) is 6.10. The number of carbonyl (C=O) groups excluding carboxylic acids is 3. The van der Waals surface area contributed by atoms with Crippen LogP contribution in [0.2, 0.25) is 0 Å². The minimum absolute atomic E-state index is 0.0974. The van der Waals surface area contributed by atoms with Gasteiger partial charge in [0, 0.05) is 38.1 Å². The molecule has 2 aromatic heterocycles. The number of pyridine rings is 1. The van der Waals surface area contributed by atoms with Crippen LogP contribution in [-0.2, 0) is 20.9 Å². The number of ether oxygens (including phenoxy) is 1. The molecule has 1 spiro atoms. The lowest BCUT2D eigenvalue weighted by Gasteiger charge is -2.45. The van der Waals surface area contributed by atoms with Crippen molar-refractivity contribution in [2.24, 2.45) is 5.92 Å². The highest BCUT2D eigenvalue weighted by Crippen LogP contribution is 2.45. The van der Waals surface area contributed by atoms with Gasteiger partial charge in [-0.2, -0.15) is 4.98 Å². The van der Waals surface area contributed by atoms with Crippen molar-refractivity contribution in [3.05, 3.63) is 96.4 Å². The van der Waals surface area contributed by atoms with E-state index in [4.69, 9.17) is 4.74 Å². The molecule has 2 saturated heterocycles. The fourth-order valence-electron chi connectivity index (χ4n) is 6.10. The first-order valence-corrected chi connectivity index (χ1v) is 14.5. The van der Waals surface area contributed by atoms with Gasteiger partial charge in [0.25, 0.3) is 5.91 Å². The molecule has 2 aliphatic heterocycles. The summed E-state index contributed by atoms with van der Waals surface area (Å²) in [6, 6.07) is 21.2. The minimum Gasteiger partial charge on any atom is -0.493 e. The SMILES string of the molecule is CCOC(=O)C1CN(Cc2ncccc2C)CCC12C(=O)N(c1ccc(-c3ccccc3)cc1)C(=O)N2c1nccc(O)n1. The van der Waals surface area contributed by atoms with Gasteiger partial charge >= 0.3 is 12.0 Å². The van der Waals surface area contributed by atoms with Crippen molar-refractivity contribution in [3.8, 4) is 17.0 Å². The van der Waals surface area contributed by atoms with Crippen molar-refractivity contribution in [2.45, 2.75) is 32.4 Å². The van der Waals surface area contributed by atoms with E-state index in [0.29, 0.717) is 18.8 Å². The first-order chi connectivity index (χ1) is 21.3. The summed E-state index contributed by atoms with van der Waals surface area (Å²) >= 11 is 0. The van der Waals surface area contributed by atoms with Crippen LogP contribution in [0.3, 0.4) is 0 Å². The van der Waals surface area contributed by atoms with E-state index in [0.717, 1.165) is 27.3 Å². The van der Waals surface area contributed by atoms with Gasteiger partial charge in [-0.3, -0.25) is 19.5 Å². The van der Waals surface area contributed by atoms with Gasteiger partial charge in [0.05, 0.1) is 18.0 Å². The van der Waals surface area contributed by atoms with Crippen molar-refractivity contribution < 1.29 is 24.2 Å². The molecule has 11 heteroatoms. The monoisotopic (exact) mass is 592 g/mol. The first-order valence-electron chi connectivity index (χ1n) is 14.5. The van der Waals surface area contributed by atoms with Crippen molar-refractivity contribution in [1.29, 1.82) is 0 Å². The fraction of sp³-hybridized carbons (Fsp3) is 0.273. The number of esters is 1. The van der Waals surface area contributed by atoms with Crippen LogP contribution >= 0.6 is 0 Å². The highest BCUT2D eigenvalue weighted by atomic mass is 16.5. The Morgan fingerprint density at radius 1 is 0.977 bits per heavy atom. The predicted molar refractivity (Wildman–Crippen MR) is 163 cm³/mol. The average molecular weight is 593 g/mol. The van der Waals surface area contributed by atoms with Gasteiger partial charge in [-0.1, -0.05) is 48.5 Å². The number of aromatic nitrogens is 3. The molecule has 2 aromatic carbocycles. The average Bonchev–Trinajstić information content (AvgIpc) is 3.25. The zero-order valence-electron chi connectivity index (χ0n) is 24.5. The number of carbonyl (C=O) groups is 3. The molecule has 2 atom stereocenters. The van der Waals surface area contributed by atoms with Crippen LogP contribution < -0.4 is 9.80 Å². The third-order valence-corrected chi connectivity index (χ3v) is 8.30. The number of piperidine rings is 1. The molecule has 2 unspecified atom stereocenters. The quantitative estimate of drug-likeness (QED) is 0.246. The third-order valence-electron chi connectivity index (χ3n) is 8.30. The number of amides is 3. The number of aromatic hydroxyl groups is 1. The van der Waals surface area contributed by atoms with Gasteiger partial charge in [-0.05, 0) is 55.2 Å². The molecule has 0 radical (unpaired) electrons. The molecule has 1 N–H and O–H groups in total. The van der Waals surface area contributed by atoms with Crippen LogP contribution in [0, 0.1) is 12.8 Å². The molecular formula is C33H32N6O5. The maximum atomic E-state index is 14.7. The molecule has 3 amide bonds. The Balaban J connectivity index is 1.43. The van der Waals surface area contributed by atoms with Crippen LogP contribution in [0.5, 0.6) is 5.88 Å². The third kappa shape index (κ3) is 5.05. The molecule has 4 heterocycles. The van der Waals surface area contributed by atoms with E-state index >= 15 is 0 Å². The van der Waals surface area contributed by atoms with Crippen LogP contribution in [-0.4, -0.2) is 68.1 Å². The van der Waals surface area contributed by atoms with Gasteiger partial charge in [0.2, 0.25) is 11.8 Å². The topological polar surface area (TPSA) is 129 Å². The molecule has 0 saturated carbocycles. The summed E-state index contributed by atoms with van der Waals surface area (Å²) < 4.78 is 5.51. The number of likely N-dealkylation sites (tertiary alicyclic amines) is 1. The molecule has 2 aliphatic rings. The molecule has 224 valence electrons. The van der Waals surface area contributed by atoms with Gasteiger partial charge < -0.3 is 9.84 Å². The van der Waals surface area contributed by atoms with E-state index in [-0.39, 0.29) is 31.4 Å². The minimum atomic E-state index is -1.69. The van der Waals surface area contributed by atoms with E-state index in [1.807, 2.05) is 66.4 Å². The maximum Gasteiger partial charge on any atom is 0.339 e. The Kier molecular flexibility index (Phi) is 7.79. The van der Waals surface area contributed by atoms with E-state index < -0.39 is 29.4 Å². The number of hydrogen-bond donors (Lipinski definition) is 1. The molecular weight excluding hydrogens is 560 g/mol. The highest BCUT2D eigenvalue weighted by Gasteiger charge is 2.66. The van der Waals surface area contributed by atoms with Gasteiger partial charge in [-0.25, -0.2) is 19.6 Å². The summed E-state index contributed by atoms with van der Waals surface area (Å²) in [6.07, 6.45) is 3.13. The summed E-state index contributed by atoms with van der Waals surface area (Å²) in [6.45, 7) is 4.72. The number of imide groups is 1. The Bertz CT molecular complexity index is 1700. The lowest BCUT2D eigenvalue weighted by molar-refractivity contribution is -0.155. The Labute approximate surface area is 254 Å². The van der Waals surface area contributed by atoms with Crippen LogP contribution in [0.15, 0.2) is 85.2 Å². The first kappa shape index (κ1) is 28.9. The molecule has 6 rings (SSSR count). The molecule has 0 aliphatic carbocycles. The summed E-state index contributed by atoms with van der Waals surface area (Å²) in [7, 11) is 0. The number of nitrogens with zero attached hydrogens (tertiary/aromatic N) is 6. The highest BCUT2D eigenvalue weighted by molar-refractivity contribution is 6.31. The summed E-state index contributed by atoms with van der Waals surface area (Å²) in [5.74, 6) is -2.80. The number of anilines is 2. The van der Waals surface area contributed by atoms with E-state index in [1.165, 1.54) is 17.2 Å². The number of rotatable bonds is 7. The van der Waals surface area contributed by atoms with Crippen LogP contribution in [0.4, 0.5) is 16.4 Å². The molecule has 2 fully saturated rings. The van der Waals surface area contributed by atoms with Gasteiger partial charge in [-0.15, -0.1) is 0 Å². The summed E-state index contributed by atoms with van der Waals surface area (Å²) in [5, 5.41) is 10.2. The standard InChI is InChI=1S/C33H32N6O5/c1-3-44-29(41)26-20-37(21-27-22(2)8-7-17-34-27)19-16-33(26)30(42)38(32(43)39(33)31-35-18-15-28(40)36-31)25-13-11-24(12-14-25)23-9-5-4-6-10-23/h4-15,17-18,26H,3,16,19-21H2,1-2H3,(H,35,36,40). The Hall–Kier alpha value is -5.16. The van der Waals surface area contributed by atoms with Crippen LogP contribution in [0.1, 0.15) is 24.6 Å². The lowest BCUT2D eigenvalue weighted by atomic mass is 9.76. The molecule has 11 nitrogen and oxygen atoms in total. The zero-order chi connectivity index (χ0) is 30.8. The summed E-state index contributed by atoms with van der Waals surface area (Å²) in [4.78, 5) is 59.8. The van der Waals surface area contributed by atoms with Crippen molar-refractivity contribution in [3.63, 3.8) is 0 Å². The zero-order valence-corrected chi connectivity index (χ0v) is 24.5. The lowest BCUT2D eigenvalue weighted by Crippen LogP contribution is -2.65. The van der Waals surface area contributed by atoms with E-state index in [1.54, 1.807) is 25.3 Å². The number of aryl methyl sites for hydroxylation is 1. The Morgan fingerprint density at radius 2 is 1.73 bits per heavy atom. The predicted octanol–water partition coefficient (Wildman–Crippen LogP) is 4.35. The van der Waals surface area contributed by atoms with Gasteiger partial charge in [0.15, 0.2) is 0 Å². The van der Waals surface area contributed by atoms with Crippen molar-refractivity contribution in [1.82, 2.24) is 19.9 Å². The molecule has 4 aromatic rings. The second-order valence-electron chi connectivity index (χ2n) is 10.9. The number of benzene rings is 2. The normalized spacial score (nSPS) is 20.4. The van der Waals surface area contributed by atoms with E-state index in [2.05, 4.69) is 15.0 Å². The second kappa shape index (κ2) is 11.8. The van der Waals surface area contributed by atoms with Crippen molar-refractivity contribution in [2.75, 3.05) is 29.5 Å². The smallest absolute Gasteiger partial charge is 0.339 e. The summed E-state index contributed by atoms with van der Waals surface area (Å²) in [5.41, 5.74) is 2.42. The second-order valence-corrected chi connectivity index (χ2v) is 10.9. The number of urea groups is 1. The molecule has 0 bridgehead atoms. The van der Waals surface area contributed by atoms with E-state index in [9.17, 15) is 19.5 Å². The van der Waals surface area contributed by atoms with Crippen molar-refractivity contribution >= 4 is 29.5 Å². The Morgan fingerprint density at radius 3 is 2.43 bits per heavy atom. The molecule has 44 heavy (non-hydrogen) atoms.